The van der Waals surface area contributed by atoms with E-state index in [-0.39, 0.29) is 22.0 Å². The molecule has 4 N–H and O–H groups in total. The molecule has 1 atom stereocenters. The number of pyridine rings is 2. The number of carbonyl (C=O) groups is 2. The number of carbonyl (C=O) groups excluding carboxylic acids is 2. The van der Waals surface area contributed by atoms with Crippen molar-refractivity contribution in [3.63, 3.8) is 0 Å². The van der Waals surface area contributed by atoms with E-state index in [1.807, 2.05) is 0 Å². The van der Waals surface area contributed by atoms with Crippen molar-refractivity contribution in [3.05, 3.63) is 47.4 Å². The molecule has 12 heteroatoms. The molecule has 3 heterocycles. The number of halogens is 1. The highest BCUT2D eigenvalue weighted by molar-refractivity contribution is 6.30. The summed E-state index contributed by atoms with van der Waals surface area (Å²) in [5, 5.41) is 13.9. The van der Waals surface area contributed by atoms with E-state index >= 15 is 0 Å². The number of nitrogens with one attached hydrogen (secondary N) is 2. The van der Waals surface area contributed by atoms with Crippen LogP contribution in [0.4, 0.5) is 16.3 Å². The van der Waals surface area contributed by atoms with Crippen molar-refractivity contribution < 1.29 is 14.3 Å². The summed E-state index contributed by atoms with van der Waals surface area (Å²) in [5.41, 5.74) is 7.56. The summed E-state index contributed by atoms with van der Waals surface area (Å²) in [6.45, 7) is 1.69. The van der Waals surface area contributed by atoms with E-state index in [0.717, 1.165) is 19.3 Å². The van der Waals surface area contributed by atoms with Gasteiger partial charge in [0.15, 0.2) is 11.5 Å². The molecule has 0 unspecified atom stereocenters. The van der Waals surface area contributed by atoms with Gasteiger partial charge in [-0.1, -0.05) is 22.9 Å². The van der Waals surface area contributed by atoms with Crippen LogP contribution in [0.2, 0.25) is 5.15 Å². The fourth-order valence-corrected chi connectivity index (χ4v) is 4.97. The molecule has 3 aliphatic carbocycles. The average Bonchev–Trinajstić information content (AvgIpc) is 3.11. The topological polar surface area (TPSA) is 150 Å². The van der Waals surface area contributed by atoms with Crippen molar-refractivity contribution in [2.75, 3.05) is 10.6 Å². The van der Waals surface area contributed by atoms with Crippen molar-refractivity contribution in [2.45, 2.75) is 37.8 Å². The highest BCUT2D eigenvalue weighted by atomic mass is 35.5. The van der Waals surface area contributed by atoms with Gasteiger partial charge in [-0.15, -0.1) is 5.10 Å². The van der Waals surface area contributed by atoms with Crippen LogP contribution in [0.15, 0.2) is 36.7 Å². The van der Waals surface area contributed by atoms with Gasteiger partial charge in [0.05, 0.1) is 23.0 Å². The number of hydrogen-bond donors (Lipinski definition) is 3. The van der Waals surface area contributed by atoms with Gasteiger partial charge in [-0.3, -0.25) is 15.1 Å². The van der Waals surface area contributed by atoms with Crippen LogP contribution in [0.3, 0.4) is 0 Å². The summed E-state index contributed by atoms with van der Waals surface area (Å²) in [7, 11) is 1.64. The van der Waals surface area contributed by atoms with Crippen LogP contribution in [0.5, 0.6) is 0 Å². The number of anilines is 2. The van der Waals surface area contributed by atoms with Gasteiger partial charge in [-0.05, 0) is 44.4 Å². The molecule has 176 valence electrons. The van der Waals surface area contributed by atoms with Gasteiger partial charge in [-0.25, -0.2) is 14.5 Å². The third-order valence-corrected chi connectivity index (χ3v) is 6.69. The first kappa shape index (κ1) is 22.2. The van der Waals surface area contributed by atoms with Gasteiger partial charge >= 0.3 is 6.09 Å². The Hall–Kier alpha value is -3.57. The second-order valence-corrected chi connectivity index (χ2v) is 9.38. The van der Waals surface area contributed by atoms with Crippen LogP contribution >= 0.6 is 11.6 Å². The van der Waals surface area contributed by atoms with Crippen molar-refractivity contribution in [1.29, 1.82) is 0 Å². The van der Waals surface area contributed by atoms with E-state index in [0.29, 0.717) is 28.5 Å². The third-order valence-electron chi connectivity index (χ3n) is 6.37. The van der Waals surface area contributed by atoms with Gasteiger partial charge in [0, 0.05) is 24.3 Å². The molecule has 3 fully saturated rings. The fraction of sp³-hybridized carbons (Fsp3) is 0.364. The molecule has 34 heavy (non-hydrogen) atoms. The maximum atomic E-state index is 12.5. The Bertz CT molecular complexity index is 1260. The monoisotopic (exact) mass is 482 g/mol. The molecule has 2 bridgehead atoms. The molecule has 3 aromatic rings. The molecule has 3 saturated carbocycles. The number of amides is 2. The van der Waals surface area contributed by atoms with Gasteiger partial charge in [0.1, 0.15) is 11.3 Å². The number of nitrogens with zero attached hydrogens (tertiary/aromatic N) is 5. The van der Waals surface area contributed by atoms with Gasteiger partial charge < -0.3 is 15.8 Å². The first-order valence-corrected chi connectivity index (χ1v) is 11.1. The van der Waals surface area contributed by atoms with Crippen LogP contribution < -0.4 is 16.4 Å². The number of aromatic nitrogens is 5. The lowest BCUT2D eigenvalue weighted by Crippen LogP contribution is -2.75. The number of rotatable bonds is 6. The molecule has 2 amide bonds. The van der Waals surface area contributed by atoms with Crippen molar-refractivity contribution >= 4 is 35.1 Å². The lowest BCUT2D eigenvalue weighted by Gasteiger charge is -2.67. The molecule has 0 aromatic carbocycles. The quantitative estimate of drug-likeness (QED) is 0.453. The summed E-state index contributed by atoms with van der Waals surface area (Å²) >= 11 is 6.08. The predicted octanol–water partition coefficient (Wildman–Crippen LogP) is 3.06. The second-order valence-electron chi connectivity index (χ2n) is 9.03. The Morgan fingerprint density at radius 1 is 1.21 bits per heavy atom. The molecular formula is C22H23ClN8O3. The molecule has 3 aromatic heterocycles. The van der Waals surface area contributed by atoms with Gasteiger partial charge in [0.2, 0.25) is 5.91 Å². The van der Waals surface area contributed by atoms with Crippen molar-refractivity contribution in [1.82, 2.24) is 25.0 Å². The minimum Gasteiger partial charge on any atom is -0.441 e. The zero-order valence-corrected chi connectivity index (χ0v) is 19.3. The van der Waals surface area contributed by atoms with Crippen molar-refractivity contribution in [3.8, 4) is 11.4 Å². The maximum absolute atomic E-state index is 12.5. The van der Waals surface area contributed by atoms with E-state index in [2.05, 4.69) is 30.9 Å². The predicted molar refractivity (Wildman–Crippen MR) is 124 cm³/mol. The molecule has 0 radical (unpaired) electrons. The summed E-state index contributed by atoms with van der Waals surface area (Å²) in [5.74, 6) is 0.280. The van der Waals surface area contributed by atoms with Crippen LogP contribution in [-0.2, 0) is 16.6 Å². The lowest BCUT2D eigenvalue weighted by atomic mass is 9.39. The molecule has 3 aliphatic rings. The zero-order chi connectivity index (χ0) is 24.1. The average molecular weight is 483 g/mol. The Morgan fingerprint density at radius 2 is 1.97 bits per heavy atom. The van der Waals surface area contributed by atoms with E-state index in [4.69, 9.17) is 22.1 Å². The van der Waals surface area contributed by atoms with E-state index < -0.39 is 12.2 Å². The molecule has 0 spiro atoms. The van der Waals surface area contributed by atoms with Crippen molar-refractivity contribution in [2.24, 2.45) is 18.2 Å². The Labute approximate surface area is 200 Å². The Balaban J connectivity index is 1.25. The fourth-order valence-electron chi connectivity index (χ4n) is 4.70. The minimum atomic E-state index is -0.709. The highest BCUT2D eigenvalue weighted by Gasteiger charge is 2.69. The summed E-state index contributed by atoms with van der Waals surface area (Å²) in [4.78, 5) is 33.5. The zero-order valence-electron chi connectivity index (χ0n) is 18.6. The molecule has 11 nitrogen and oxygen atoms in total. The molecular weight excluding hydrogens is 460 g/mol. The molecule has 6 rings (SSSR count). The number of hydrogen-bond acceptors (Lipinski definition) is 8. The molecule has 0 aliphatic heterocycles. The first-order chi connectivity index (χ1) is 16.2. The minimum absolute atomic E-state index is 0.0261. The van der Waals surface area contributed by atoms with Crippen LogP contribution in [0, 0.1) is 5.41 Å². The highest BCUT2D eigenvalue weighted by Crippen LogP contribution is 2.66. The Morgan fingerprint density at radius 3 is 2.62 bits per heavy atom. The smallest absolute Gasteiger partial charge is 0.413 e. The lowest BCUT2D eigenvalue weighted by molar-refractivity contribution is -0.166. The van der Waals surface area contributed by atoms with E-state index in [1.165, 1.54) is 4.68 Å². The maximum Gasteiger partial charge on any atom is 0.413 e. The number of nitrogens with two attached hydrogens (primary N) is 1. The number of ether oxygens (including phenoxy) is 1. The normalized spacial score (nSPS) is 23.3. The second kappa shape index (κ2) is 8.03. The van der Waals surface area contributed by atoms with Crippen LogP contribution in [0.1, 0.15) is 37.9 Å². The van der Waals surface area contributed by atoms with E-state index in [9.17, 15) is 9.59 Å². The largest absolute Gasteiger partial charge is 0.441 e. The van der Waals surface area contributed by atoms with E-state index in [1.54, 1.807) is 50.6 Å². The third kappa shape index (κ3) is 3.86. The van der Waals surface area contributed by atoms with Crippen LogP contribution in [0.25, 0.3) is 11.4 Å². The summed E-state index contributed by atoms with van der Waals surface area (Å²) in [6.07, 6.45) is 3.96. The van der Waals surface area contributed by atoms with Gasteiger partial charge in [0.25, 0.3) is 0 Å². The summed E-state index contributed by atoms with van der Waals surface area (Å²) < 4.78 is 6.84. The SMILES string of the molecule is C[C@@H](OC(=O)Nc1c(-c2ccc(NC(=O)C34CC(N)(C3)C4)cn2)nnn1C)c1cccnc1Cl. The number of aryl methyl sites for hydroxylation is 1. The first-order valence-electron chi connectivity index (χ1n) is 10.7. The van der Waals surface area contributed by atoms with Crippen LogP contribution in [-0.4, -0.2) is 42.5 Å². The van der Waals surface area contributed by atoms with Gasteiger partial charge in [-0.2, -0.15) is 0 Å². The Kier molecular flexibility index (Phi) is 5.25. The molecule has 0 saturated heterocycles. The standard InChI is InChI=1S/C22H23ClN8O3/c1-12(14-4-3-7-25-17(14)23)34-20(33)28-18-16(29-30-31(18)2)15-6-5-13(8-26-15)27-19(32)21-9-22(24,10-21)11-21/h3-8,12H,9-11,24H2,1-2H3,(H,27,32)(H,28,33)/t12-,21?,22?/m1/s1. The summed E-state index contributed by atoms with van der Waals surface area (Å²) in [6, 6.07) is 6.87.